The highest BCUT2D eigenvalue weighted by atomic mass is 16.5. The van der Waals surface area contributed by atoms with Gasteiger partial charge in [0.1, 0.15) is 0 Å². The summed E-state index contributed by atoms with van der Waals surface area (Å²) in [6, 6.07) is 3.51. The maximum Gasteiger partial charge on any atom is 0.303 e. The Morgan fingerprint density at radius 2 is 2.19 bits per heavy atom. The van der Waals surface area contributed by atoms with Crippen LogP contribution in [0.2, 0.25) is 0 Å². The molecule has 0 aromatic carbocycles. The van der Waals surface area contributed by atoms with Gasteiger partial charge in [-0.3, -0.25) is 9.59 Å². The van der Waals surface area contributed by atoms with E-state index in [-0.39, 0.29) is 17.8 Å². The van der Waals surface area contributed by atoms with Gasteiger partial charge in [-0.25, -0.2) is 0 Å². The minimum absolute atomic E-state index is 0.0465. The van der Waals surface area contributed by atoms with Gasteiger partial charge in [0.05, 0.1) is 5.56 Å². The standard InChI is InChI=1S/C14H17N3O4/c1-3-17-9(2)7-8-10(14(17)20)13-15-11(21-16-13)5-4-6-12(18)19/h7-8H,3-6H2,1-2H3,(H,18,19). The third-order valence-electron chi connectivity index (χ3n) is 3.20. The summed E-state index contributed by atoms with van der Waals surface area (Å²) in [5, 5.41) is 12.4. The Labute approximate surface area is 121 Å². The van der Waals surface area contributed by atoms with E-state index in [1.807, 2.05) is 19.9 Å². The van der Waals surface area contributed by atoms with Gasteiger partial charge >= 0.3 is 5.97 Å². The number of pyridine rings is 1. The fraction of sp³-hybridized carbons (Fsp3) is 0.429. The summed E-state index contributed by atoms with van der Waals surface area (Å²) in [7, 11) is 0. The zero-order valence-corrected chi connectivity index (χ0v) is 12.0. The molecule has 0 spiro atoms. The van der Waals surface area contributed by atoms with Crippen LogP contribution in [0.25, 0.3) is 11.4 Å². The summed E-state index contributed by atoms with van der Waals surface area (Å²) in [5.41, 5.74) is 1.10. The average Bonchev–Trinajstić information content (AvgIpc) is 2.87. The fourth-order valence-electron chi connectivity index (χ4n) is 2.09. The smallest absolute Gasteiger partial charge is 0.303 e. The lowest BCUT2D eigenvalue weighted by atomic mass is 10.2. The molecule has 7 heteroatoms. The van der Waals surface area contributed by atoms with E-state index in [0.717, 1.165) is 5.69 Å². The van der Waals surface area contributed by atoms with Crippen molar-refractivity contribution in [1.29, 1.82) is 0 Å². The number of hydrogen-bond acceptors (Lipinski definition) is 5. The molecule has 0 aliphatic carbocycles. The molecule has 0 fully saturated rings. The van der Waals surface area contributed by atoms with Crippen LogP contribution in [0.1, 0.15) is 31.4 Å². The van der Waals surface area contributed by atoms with Crippen molar-refractivity contribution in [3.8, 4) is 11.4 Å². The van der Waals surface area contributed by atoms with Crippen LogP contribution in [0, 0.1) is 6.92 Å². The van der Waals surface area contributed by atoms with Gasteiger partial charge in [-0.1, -0.05) is 5.16 Å². The Balaban J connectivity index is 2.22. The third-order valence-corrected chi connectivity index (χ3v) is 3.20. The number of rotatable bonds is 6. The van der Waals surface area contributed by atoms with E-state index in [2.05, 4.69) is 10.1 Å². The molecule has 0 unspecified atom stereocenters. The molecule has 2 aromatic rings. The Bertz CT molecular complexity index is 702. The normalized spacial score (nSPS) is 10.8. The molecule has 2 aromatic heterocycles. The van der Waals surface area contributed by atoms with E-state index in [1.54, 1.807) is 10.6 Å². The van der Waals surface area contributed by atoms with Crippen LogP contribution in [0.4, 0.5) is 0 Å². The second kappa shape index (κ2) is 6.34. The number of carboxylic acid groups (broad SMARTS) is 1. The Kier molecular flexibility index (Phi) is 4.52. The predicted molar refractivity (Wildman–Crippen MR) is 75.0 cm³/mol. The topological polar surface area (TPSA) is 98.2 Å². The molecule has 0 saturated carbocycles. The highest BCUT2D eigenvalue weighted by molar-refractivity contribution is 5.66. The molecule has 0 atom stereocenters. The van der Waals surface area contributed by atoms with E-state index in [9.17, 15) is 9.59 Å². The number of aryl methyl sites for hydroxylation is 2. The first-order chi connectivity index (χ1) is 10.0. The first-order valence-electron chi connectivity index (χ1n) is 6.78. The highest BCUT2D eigenvalue weighted by Crippen LogP contribution is 2.13. The van der Waals surface area contributed by atoms with Crippen molar-refractivity contribution in [2.75, 3.05) is 0 Å². The Morgan fingerprint density at radius 3 is 2.86 bits per heavy atom. The molecule has 112 valence electrons. The quantitative estimate of drug-likeness (QED) is 0.868. The summed E-state index contributed by atoms with van der Waals surface area (Å²) < 4.78 is 6.69. The molecule has 0 aliphatic heterocycles. The largest absolute Gasteiger partial charge is 0.481 e. The summed E-state index contributed by atoms with van der Waals surface area (Å²) in [5.74, 6) is -0.277. The average molecular weight is 291 g/mol. The van der Waals surface area contributed by atoms with Crippen molar-refractivity contribution in [2.45, 2.75) is 39.7 Å². The van der Waals surface area contributed by atoms with Crippen LogP contribution in [-0.2, 0) is 17.8 Å². The van der Waals surface area contributed by atoms with Crippen LogP contribution in [-0.4, -0.2) is 25.8 Å². The molecule has 0 aliphatic rings. The molecular formula is C14H17N3O4. The van der Waals surface area contributed by atoms with Crippen LogP contribution >= 0.6 is 0 Å². The van der Waals surface area contributed by atoms with Gasteiger partial charge in [0.15, 0.2) is 0 Å². The van der Waals surface area contributed by atoms with Crippen molar-refractivity contribution in [3.63, 3.8) is 0 Å². The molecule has 2 heterocycles. The SMILES string of the molecule is CCn1c(C)ccc(-c2noc(CCCC(=O)O)n2)c1=O. The summed E-state index contributed by atoms with van der Waals surface area (Å²) in [4.78, 5) is 26.9. The molecule has 0 radical (unpaired) electrons. The summed E-state index contributed by atoms with van der Waals surface area (Å²) >= 11 is 0. The van der Waals surface area contributed by atoms with E-state index < -0.39 is 5.97 Å². The Morgan fingerprint density at radius 1 is 1.43 bits per heavy atom. The second-order valence-corrected chi connectivity index (χ2v) is 4.70. The number of carboxylic acids is 1. The van der Waals surface area contributed by atoms with Gasteiger partial charge in [0.25, 0.3) is 5.56 Å². The molecule has 0 amide bonds. The van der Waals surface area contributed by atoms with E-state index in [1.165, 1.54) is 0 Å². The van der Waals surface area contributed by atoms with E-state index in [4.69, 9.17) is 9.63 Å². The predicted octanol–water partition coefficient (Wildman–Crippen LogP) is 1.63. The molecule has 1 N–H and O–H groups in total. The number of aliphatic carboxylic acids is 1. The lowest BCUT2D eigenvalue weighted by Gasteiger charge is -2.07. The maximum absolute atomic E-state index is 12.3. The lowest BCUT2D eigenvalue weighted by Crippen LogP contribution is -2.22. The van der Waals surface area contributed by atoms with Crippen LogP contribution in [0.3, 0.4) is 0 Å². The fourth-order valence-corrected chi connectivity index (χ4v) is 2.09. The van der Waals surface area contributed by atoms with Gasteiger partial charge in [-0.2, -0.15) is 4.98 Å². The highest BCUT2D eigenvalue weighted by Gasteiger charge is 2.14. The lowest BCUT2D eigenvalue weighted by molar-refractivity contribution is -0.137. The molecule has 2 rings (SSSR count). The number of aromatic nitrogens is 3. The van der Waals surface area contributed by atoms with Crippen molar-refractivity contribution >= 4 is 5.97 Å². The van der Waals surface area contributed by atoms with Crippen molar-refractivity contribution < 1.29 is 14.4 Å². The second-order valence-electron chi connectivity index (χ2n) is 4.70. The molecular weight excluding hydrogens is 274 g/mol. The van der Waals surface area contributed by atoms with E-state index in [0.29, 0.717) is 30.8 Å². The van der Waals surface area contributed by atoms with Gasteiger partial charge < -0.3 is 14.2 Å². The number of hydrogen-bond donors (Lipinski definition) is 1. The van der Waals surface area contributed by atoms with E-state index >= 15 is 0 Å². The third kappa shape index (κ3) is 3.36. The van der Waals surface area contributed by atoms with Crippen LogP contribution in [0.5, 0.6) is 0 Å². The van der Waals surface area contributed by atoms with Gasteiger partial charge in [0, 0.05) is 25.1 Å². The molecule has 0 saturated heterocycles. The van der Waals surface area contributed by atoms with Gasteiger partial charge in [0.2, 0.25) is 11.7 Å². The number of nitrogens with zero attached hydrogens (tertiary/aromatic N) is 3. The van der Waals surface area contributed by atoms with Gasteiger partial charge in [-0.15, -0.1) is 0 Å². The maximum atomic E-state index is 12.3. The summed E-state index contributed by atoms with van der Waals surface area (Å²) in [6.45, 7) is 4.33. The van der Waals surface area contributed by atoms with Crippen molar-refractivity contribution in [2.24, 2.45) is 0 Å². The minimum atomic E-state index is -0.862. The monoisotopic (exact) mass is 291 g/mol. The van der Waals surface area contributed by atoms with Crippen molar-refractivity contribution in [3.05, 3.63) is 34.1 Å². The zero-order chi connectivity index (χ0) is 15.4. The summed E-state index contributed by atoms with van der Waals surface area (Å²) in [6.07, 6.45) is 0.849. The molecule has 7 nitrogen and oxygen atoms in total. The van der Waals surface area contributed by atoms with Crippen LogP contribution in [0.15, 0.2) is 21.5 Å². The molecule has 0 bridgehead atoms. The van der Waals surface area contributed by atoms with Crippen LogP contribution < -0.4 is 5.56 Å². The first kappa shape index (κ1) is 15.0. The Hall–Kier alpha value is -2.44. The zero-order valence-electron chi connectivity index (χ0n) is 12.0. The minimum Gasteiger partial charge on any atom is -0.481 e. The van der Waals surface area contributed by atoms with Crippen molar-refractivity contribution in [1.82, 2.24) is 14.7 Å². The molecule has 21 heavy (non-hydrogen) atoms. The van der Waals surface area contributed by atoms with Gasteiger partial charge in [-0.05, 0) is 32.4 Å². The first-order valence-corrected chi connectivity index (χ1v) is 6.78. The number of carbonyl (C=O) groups is 1.